The van der Waals surface area contributed by atoms with Crippen LogP contribution in [0.25, 0.3) is 0 Å². The third-order valence-corrected chi connectivity index (χ3v) is 3.50. The van der Waals surface area contributed by atoms with Gasteiger partial charge in [-0.15, -0.1) is 0 Å². The van der Waals surface area contributed by atoms with Gasteiger partial charge in [-0.25, -0.2) is 0 Å². The topological polar surface area (TPSA) is 46.6 Å². The third kappa shape index (κ3) is 3.38. The van der Waals surface area contributed by atoms with Crippen molar-refractivity contribution in [3.63, 3.8) is 0 Å². The fourth-order valence-corrected chi connectivity index (χ4v) is 2.56. The number of nitrogens with zero attached hydrogens (tertiary/aromatic N) is 1. The van der Waals surface area contributed by atoms with Crippen LogP contribution in [0.1, 0.15) is 37.3 Å². The lowest BCUT2D eigenvalue weighted by Gasteiger charge is -2.29. The largest absolute Gasteiger partial charge is 0.466 e. The Kier molecular flexibility index (Phi) is 4.77. The quantitative estimate of drug-likeness (QED) is 0.794. The standard InChI is InChI=1S/C16H21NO3/c1-3-20-16(19)9-8-15(18)17-10-4-5-13-11-12(2)6-7-14(13)17/h6-7,11H,3-5,8-10H2,1-2H3. The molecule has 0 spiro atoms. The summed E-state index contributed by atoms with van der Waals surface area (Å²) in [5, 5.41) is 0. The summed E-state index contributed by atoms with van der Waals surface area (Å²) in [6, 6.07) is 6.17. The Balaban J connectivity index is 2.03. The fourth-order valence-electron chi connectivity index (χ4n) is 2.56. The molecule has 1 aromatic carbocycles. The first-order valence-corrected chi connectivity index (χ1v) is 7.17. The molecule has 2 rings (SSSR count). The van der Waals surface area contributed by atoms with Crippen molar-refractivity contribution in [2.24, 2.45) is 0 Å². The minimum Gasteiger partial charge on any atom is -0.466 e. The normalized spacial score (nSPS) is 13.8. The first-order chi connectivity index (χ1) is 9.61. The number of carbonyl (C=O) groups excluding carboxylic acids is 2. The molecule has 0 atom stereocenters. The smallest absolute Gasteiger partial charge is 0.306 e. The summed E-state index contributed by atoms with van der Waals surface area (Å²) in [4.78, 5) is 25.4. The predicted molar refractivity (Wildman–Crippen MR) is 77.7 cm³/mol. The summed E-state index contributed by atoms with van der Waals surface area (Å²) in [7, 11) is 0. The molecule has 1 aromatic rings. The number of carbonyl (C=O) groups is 2. The summed E-state index contributed by atoms with van der Waals surface area (Å²) in [5.74, 6) is -0.301. The number of amides is 1. The van der Waals surface area contributed by atoms with Gasteiger partial charge in [-0.1, -0.05) is 17.7 Å². The number of anilines is 1. The SMILES string of the molecule is CCOC(=O)CCC(=O)N1CCCc2cc(C)ccc21. The van der Waals surface area contributed by atoms with E-state index in [9.17, 15) is 9.59 Å². The fraction of sp³-hybridized carbons (Fsp3) is 0.500. The highest BCUT2D eigenvalue weighted by atomic mass is 16.5. The van der Waals surface area contributed by atoms with Gasteiger partial charge in [0.15, 0.2) is 0 Å². The van der Waals surface area contributed by atoms with E-state index < -0.39 is 0 Å². The minimum atomic E-state index is -0.304. The molecule has 20 heavy (non-hydrogen) atoms. The number of ether oxygens (including phenoxy) is 1. The molecular weight excluding hydrogens is 254 g/mol. The second-order valence-corrected chi connectivity index (χ2v) is 5.09. The second-order valence-electron chi connectivity index (χ2n) is 5.09. The van der Waals surface area contributed by atoms with Crippen LogP contribution >= 0.6 is 0 Å². The molecular formula is C16H21NO3. The monoisotopic (exact) mass is 275 g/mol. The van der Waals surface area contributed by atoms with Crippen molar-refractivity contribution in [3.05, 3.63) is 29.3 Å². The number of hydrogen-bond donors (Lipinski definition) is 0. The van der Waals surface area contributed by atoms with E-state index in [-0.39, 0.29) is 24.7 Å². The van der Waals surface area contributed by atoms with E-state index in [1.807, 2.05) is 12.1 Å². The van der Waals surface area contributed by atoms with E-state index in [2.05, 4.69) is 13.0 Å². The molecule has 1 heterocycles. The molecule has 0 aliphatic carbocycles. The van der Waals surface area contributed by atoms with Gasteiger partial charge in [0.25, 0.3) is 0 Å². The number of hydrogen-bond acceptors (Lipinski definition) is 3. The summed E-state index contributed by atoms with van der Waals surface area (Å²) in [6.45, 7) is 4.92. The van der Waals surface area contributed by atoms with Gasteiger partial charge in [-0.2, -0.15) is 0 Å². The molecule has 0 N–H and O–H groups in total. The molecule has 0 aromatic heterocycles. The highest BCUT2D eigenvalue weighted by Gasteiger charge is 2.22. The maximum Gasteiger partial charge on any atom is 0.306 e. The van der Waals surface area contributed by atoms with Gasteiger partial charge in [0.1, 0.15) is 0 Å². The molecule has 0 fully saturated rings. The van der Waals surface area contributed by atoms with E-state index in [1.54, 1.807) is 11.8 Å². The van der Waals surface area contributed by atoms with Gasteiger partial charge >= 0.3 is 5.97 Å². The van der Waals surface area contributed by atoms with Crippen molar-refractivity contribution in [2.45, 2.75) is 39.5 Å². The molecule has 4 heteroatoms. The molecule has 0 saturated heterocycles. The lowest BCUT2D eigenvalue weighted by molar-refractivity contribution is -0.144. The summed E-state index contributed by atoms with van der Waals surface area (Å²) in [5.41, 5.74) is 3.43. The van der Waals surface area contributed by atoms with E-state index >= 15 is 0 Å². The van der Waals surface area contributed by atoms with Crippen LogP contribution in [0.2, 0.25) is 0 Å². The number of esters is 1. The molecule has 1 amide bonds. The average molecular weight is 275 g/mol. The number of aryl methyl sites for hydroxylation is 2. The molecule has 1 aliphatic rings. The summed E-state index contributed by atoms with van der Waals surface area (Å²) in [6.07, 6.45) is 2.36. The number of fused-ring (bicyclic) bond motifs is 1. The van der Waals surface area contributed by atoms with E-state index in [1.165, 1.54) is 11.1 Å². The Morgan fingerprint density at radius 3 is 2.85 bits per heavy atom. The molecule has 0 bridgehead atoms. The van der Waals surface area contributed by atoms with Gasteiger partial charge in [-0.3, -0.25) is 9.59 Å². The van der Waals surface area contributed by atoms with E-state index in [4.69, 9.17) is 4.74 Å². The van der Waals surface area contributed by atoms with Crippen molar-refractivity contribution in [1.29, 1.82) is 0 Å². The van der Waals surface area contributed by atoms with Crippen LogP contribution in [0.4, 0.5) is 5.69 Å². The number of rotatable bonds is 4. The Morgan fingerprint density at radius 2 is 2.10 bits per heavy atom. The first-order valence-electron chi connectivity index (χ1n) is 7.17. The average Bonchev–Trinajstić information content (AvgIpc) is 2.44. The minimum absolute atomic E-state index is 0.00264. The Morgan fingerprint density at radius 1 is 1.30 bits per heavy atom. The van der Waals surface area contributed by atoms with Crippen LogP contribution in [0, 0.1) is 6.92 Å². The van der Waals surface area contributed by atoms with Crippen molar-refractivity contribution >= 4 is 17.6 Å². The maximum atomic E-state index is 12.3. The summed E-state index contributed by atoms with van der Waals surface area (Å²) >= 11 is 0. The molecule has 0 radical (unpaired) electrons. The van der Waals surface area contributed by atoms with Gasteiger partial charge in [0.05, 0.1) is 13.0 Å². The maximum absolute atomic E-state index is 12.3. The number of benzene rings is 1. The van der Waals surface area contributed by atoms with Crippen LogP contribution < -0.4 is 4.90 Å². The Labute approximate surface area is 119 Å². The Bertz CT molecular complexity index is 510. The molecule has 1 aliphatic heterocycles. The molecule has 108 valence electrons. The van der Waals surface area contributed by atoms with E-state index in [0.29, 0.717) is 6.61 Å². The van der Waals surface area contributed by atoms with Crippen molar-refractivity contribution in [2.75, 3.05) is 18.1 Å². The van der Waals surface area contributed by atoms with Crippen LogP contribution in [0.5, 0.6) is 0 Å². The Hall–Kier alpha value is -1.84. The second kappa shape index (κ2) is 6.55. The van der Waals surface area contributed by atoms with Crippen molar-refractivity contribution < 1.29 is 14.3 Å². The lowest BCUT2D eigenvalue weighted by Crippen LogP contribution is -2.35. The van der Waals surface area contributed by atoms with Crippen LogP contribution in [-0.2, 0) is 20.7 Å². The van der Waals surface area contributed by atoms with Crippen molar-refractivity contribution in [1.82, 2.24) is 0 Å². The molecule has 0 unspecified atom stereocenters. The van der Waals surface area contributed by atoms with E-state index in [0.717, 1.165) is 25.1 Å². The predicted octanol–water partition coefficient (Wildman–Crippen LogP) is 2.62. The first kappa shape index (κ1) is 14.6. The van der Waals surface area contributed by atoms with Crippen molar-refractivity contribution in [3.8, 4) is 0 Å². The highest BCUT2D eigenvalue weighted by Crippen LogP contribution is 2.28. The van der Waals surface area contributed by atoms with Gasteiger partial charge < -0.3 is 9.64 Å². The molecule has 0 saturated carbocycles. The van der Waals surface area contributed by atoms with Crippen LogP contribution in [-0.4, -0.2) is 25.0 Å². The zero-order valence-corrected chi connectivity index (χ0v) is 12.1. The molecule has 4 nitrogen and oxygen atoms in total. The van der Waals surface area contributed by atoms with Crippen LogP contribution in [0.15, 0.2) is 18.2 Å². The zero-order valence-electron chi connectivity index (χ0n) is 12.1. The lowest BCUT2D eigenvalue weighted by atomic mass is 9.99. The van der Waals surface area contributed by atoms with Gasteiger partial charge in [0, 0.05) is 18.7 Å². The van der Waals surface area contributed by atoms with Gasteiger partial charge in [0.2, 0.25) is 5.91 Å². The third-order valence-electron chi connectivity index (χ3n) is 3.50. The van der Waals surface area contributed by atoms with Gasteiger partial charge in [-0.05, 0) is 38.3 Å². The highest BCUT2D eigenvalue weighted by molar-refractivity contribution is 5.96. The summed E-state index contributed by atoms with van der Waals surface area (Å²) < 4.78 is 4.86. The zero-order chi connectivity index (χ0) is 14.5. The van der Waals surface area contributed by atoms with Crippen LogP contribution in [0.3, 0.4) is 0 Å².